The summed E-state index contributed by atoms with van der Waals surface area (Å²) in [6, 6.07) is 9.85. The van der Waals surface area contributed by atoms with E-state index in [4.69, 9.17) is 0 Å². The molecule has 0 aliphatic rings. The van der Waals surface area contributed by atoms with Gasteiger partial charge < -0.3 is 0 Å². The van der Waals surface area contributed by atoms with E-state index in [1.807, 2.05) is 24.3 Å². The molecule has 74 valence electrons. The lowest BCUT2D eigenvalue weighted by molar-refractivity contribution is 1.14. The summed E-state index contributed by atoms with van der Waals surface area (Å²) in [5, 5.41) is 0. The van der Waals surface area contributed by atoms with Crippen molar-refractivity contribution in [1.82, 2.24) is 9.97 Å². The Morgan fingerprint density at radius 3 is 2.67 bits per heavy atom. The summed E-state index contributed by atoms with van der Waals surface area (Å²) >= 11 is 2.27. The van der Waals surface area contributed by atoms with Crippen molar-refractivity contribution in [3.63, 3.8) is 0 Å². The van der Waals surface area contributed by atoms with Crippen molar-refractivity contribution in [3.8, 4) is 0 Å². The fourth-order valence-electron chi connectivity index (χ4n) is 1.08. The highest BCUT2D eigenvalue weighted by Crippen LogP contribution is 2.07. The number of hydrogen-bond donors (Lipinski definition) is 0. The predicted molar refractivity (Wildman–Crippen MR) is 68.4 cm³/mol. The molecule has 0 atom stereocenters. The number of halogens is 1. The van der Waals surface area contributed by atoms with Crippen LogP contribution in [0, 0.1) is 3.57 Å². The quantitative estimate of drug-likeness (QED) is 0.632. The van der Waals surface area contributed by atoms with Crippen LogP contribution in [0.4, 0.5) is 5.95 Å². The van der Waals surface area contributed by atoms with Gasteiger partial charge >= 0.3 is 0 Å². The van der Waals surface area contributed by atoms with Gasteiger partial charge in [-0.2, -0.15) is 0 Å². The van der Waals surface area contributed by atoms with Crippen LogP contribution in [0.5, 0.6) is 0 Å². The second kappa shape index (κ2) is 4.97. The molecule has 4 heteroatoms. The second-order valence-corrected chi connectivity index (χ2v) is 4.11. The predicted octanol–water partition coefficient (Wildman–Crippen LogP) is 2.83. The molecule has 0 unspecified atom stereocenters. The van der Waals surface area contributed by atoms with E-state index >= 15 is 0 Å². The van der Waals surface area contributed by atoms with Crippen LogP contribution in [0.2, 0.25) is 0 Å². The minimum absolute atomic E-state index is 0.483. The molecular weight excluding hydrogens is 301 g/mol. The molecule has 15 heavy (non-hydrogen) atoms. The maximum atomic E-state index is 4.17. The third-order valence-corrected chi connectivity index (χ3v) is 2.40. The average molecular weight is 309 g/mol. The largest absolute Gasteiger partial charge is 0.249 e. The van der Waals surface area contributed by atoms with Crippen molar-refractivity contribution in [2.45, 2.75) is 0 Å². The molecular formula is C11H8IN3. The maximum Gasteiger partial charge on any atom is 0.249 e. The molecule has 0 saturated carbocycles. The Morgan fingerprint density at radius 2 is 1.93 bits per heavy atom. The number of hydrogen-bond acceptors (Lipinski definition) is 3. The number of aliphatic imine (C=N–C) groups is 1. The summed E-state index contributed by atoms with van der Waals surface area (Å²) in [4.78, 5) is 12.2. The van der Waals surface area contributed by atoms with Crippen LogP contribution in [-0.2, 0) is 0 Å². The highest BCUT2D eigenvalue weighted by atomic mass is 127. The fraction of sp³-hybridized carbons (Fsp3) is 0. The van der Waals surface area contributed by atoms with E-state index in [0.717, 1.165) is 5.56 Å². The Morgan fingerprint density at radius 1 is 1.13 bits per heavy atom. The van der Waals surface area contributed by atoms with Crippen LogP contribution in [0.15, 0.2) is 47.7 Å². The SMILES string of the molecule is Ic1cccc(/C=N/c2ncccn2)c1. The normalized spacial score (nSPS) is 10.7. The number of nitrogens with zero attached hydrogens (tertiary/aromatic N) is 3. The summed E-state index contributed by atoms with van der Waals surface area (Å²) in [6.07, 6.45) is 5.11. The first-order chi connectivity index (χ1) is 7.34. The van der Waals surface area contributed by atoms with Crippen LogP contribution in [0.1, 0.15) is 5.56 Å². The first kappa shape index (κ1) is 10.2. The van der Waals surface area contributed by atoms with Gasteiger partial charge in [0.15, 0.2) is 0 Å². The molecule has 1 aromatic carbocycles. The highest BCUT2D eigenvalue weighted by Gasteiger charge is 1.90. The van der Waals surface area contributed by atoms with Gasteiger partial charge in [-0.25, -0.2) is 15.0 Å². The van der Waals surface area contributed by atoms with Gasteiger partial charge in [0.2, 0.25) is 5.95 Å². The Hall–Kier alpha value is -1.30. The van der Waals surface area contributed by atoms with Gasteiger partial charge in [-0.05, 0) is 46.4 Å². The zero-order chi connectivity index (χ0) is 10.5. The summed E-state index contributed by atoms with van der Waals surface area (Å²) in [6.45, 7) is 0. The van der Waals surface area contributed by atoms with Crippen LogP contribution >= 0.6 is 22.6 Å². The molecule has 2 rings (SSSR count). The molecule has 0 aliphatic carbocycles. The number of benzene rings is 1. The Labute approximate surface area is 101 Å². The molecule has 0 spiro atoms. The lowest BCUT2D eigenvalue weighted by Crippen LogP contribution is -1.83. The zero-order valence-corrected chi connectivity index (χ0v) is 10.00. The second-order valence-electron chi connectivity index (χ2n) is 2.86. The Kier molecular flexibility index (Phi) is 3.39. The fourth-order valence-corrected chi connectivity index (χ4v) is 1.64. The van der Waals surface area contributed by atoms with Gasteiger partial charge in [0.25, 0.3) is 0 Å². The van der Waals surface area contributed by atoms with Gasteiger partial charge in [0.1, 0.15) is 0 Å². The van der Waals surface area contributed by atoms with Crippen LogP contribution < -0.4 is 0 Å². The molecule has 0 aliphatic heterocycles. The summed E-state index contributed by atoms with van der Waals surface area (Å²) in [5.41, 5.74) is 1.05. The lowest BCUT2D eigenvalue weighted by Gasteiger charge is -1.93. The van der Waals surface area contributed by atoms with Gasteiger partial charge in [-0.1, -0.05) is 12.1 Å². The Balaban J connectivity index is 2.19. The van der Waals surface area contributed by atoms with Crippen molar-refractivity contribution in [2.24, 2.45) is 4.99 Å². The molecule has 3 nitrogen and oxygen atoms in total. The summed E-state index contributed by atoms with van der Waals surface area (Å²) in [7, 11) is 0. The molecule has 1 heterocycles. The lowest BCUT2D eigenvalue weighted by atomic mass is 10.2. The summed E-state index contributed by atoms with van der Waals surface area (Å²) in [5.74, 6) is 0.483. The van der Waals surface area contributed by atoms with Crippen molar-refractivity contribution >= 4 is 34.8 Å². The van der Waals surface area contributed by atoms with E-state index in [0.29, 0.717) is 5.95 Å². The van der Waals surface area contributed by atoms with Crippen molar-refractivity contribution in [2.75, 3.05) is 0 Å². The van der Waals surface area contributed by atoms with Crippen LogP contribution in [0.25, 0.3) is 0 Å². The van der Waals surface area contributed by atoms with E-state index in [2.05, 4.69) is 37.6 Å². The molecule has 0 fully saturated rings. The number of rotatable bonds is 2. The van der Waals surface area contributed by atoms with E-state index in [1.54, 1.807) is 24.7 Å². The van der Waals surface area contributed by atoms with Crippen LogP contribution in [0.3, 0.4) is 0 Å². The number of aromatic nitrogens is 2. The topological polar surface area (TPSA) is 38.1 Å². The molecule has 2 aromatic rings. The van der Waals surface area contributed by atoms with Gasteiger partial charge in [0, 0.05) is 22.2 Å². The first-order valence-corrected chi connectivity index (χ1v) is 5.49. The van der Waals surface area contributed by atoms with Crippen LogP contribution in [-0.4, -0.2) is 16.2 Å². The smallest absolute Gasteiger partial charge is 0.220 e. The third kappa shape index (κ3) is 3.09. The minimum atomic E-state index is 0.483. The molecule has 0 amide bonds. The molecule has 1 aromatic heterocycles. The highest BCUT2D eigenvalue weighted by molar-refractivity contribution is 14.1. The van der Waals surface area contributed by atoms with Gasteiger partial charge in [-0.15, -0.1) is 0 Å². The van der Waals surface area contributed by atoms with E-state index < -0.39 is 0 Å². The molecule has 0 N–H and O–H groups in total. The molecule has 0 radical (unpaired) electrons. The Bertz CT molecular complexity index is 468. The minimum Gasteiger partial charge on any atom is -0.220 e. The van der Waals surface area contributed by atoms with Crippen molar-refractivity contribution < 1.29 is 0 Å². The summed E-state index contributed by atoms with van der Waals surface area (Å²) < 4.78 is 1.19. The van der Waals surface area contributed by atoms with Gasteiger partial charge in [0.05, 0.1) is 0 Å². The molecule has 0 bridgehead atoms. The molecule has 0 saturated heterocycles. The first-order valence-electron chi connectivity index (χ1n) is 4.41. The van der Waals surface area contributed by atoms with E-state index in [9.17, 15) is 0 Å². The third-order valence-electron chi connectivity index (χ3n) is 1.73. The van der Waals surface area contributed by atoms with Crippen molar-refractivity contribution in [1.29, 1.82) is 0 Å². The van der Waals surface area contributed by atoms with Crippen molar-refractivity contribution in [3.05, 3.63) is 51.9 Å². The van der Waals surface area contributed by atoms with E-state index in [1.165, 1.54) is 3.57 Å². The average Bonchev–Trinajstić information content (AvgIpc) is 2.28. The standard InChI is InChI=1S/C11H8IN3/c12-10-4-1-3-9(7-10)8-15-11-13-5-2-6-14-11/h1-8H/b15-8+. The monoisotopic (exact) mass is 309 g/mol. The van der Waals surface area contributed by atoms with Gasteiger partial charge in [-0.3, -0.25) is 0 Å². The maximum absolute atomic E-state index is 4.17. The van der Waals surface area contributed by atoms with E-state index in [-0.39, 0.29) is 0 Å². The zero-order valence-electron chi connectivity index (χ0n) is 7.84.